The zero-order valence-corrected chi connectivity index (χ0v) is 13.4. The summed E-state index contributed by atoms with van der Waals surface area (Å²) in [5.74, 6) is 0.883. The second-order valence-electron chi connectivity index (χ2n) is 4.31. The van der Waals surface area contributed by atoms with Gasteiger partial charge >= 0.3 is 0 Å². The zero-order chi connectivity index (χ0) is 13.7. The molecule has 0 saturated carbocycles. The summed E-state index contributed by atoms with van der Waals surface area (Å²) in [5.41, 5.74) is 1.08. The van der Waals surface area contributed by atoms with Crippen LogP contribution in [0.2, 0.25) is 0 Å². The molecule has 0 aliphatic carbocycles. The molecule has 0 aliphatic rings. The fourth-order valence-electron chi connectivity index (χ4n) is 1.66. The van der Waals surface area contributed by atoms with E-state index in [1.807, 2.05) is 31.2 Å². The van der Waals surface area contributed by atoms with Crippen molar-refractivity contribution in [2.24, 2.45) is 0 Å². The lowest BCUT2D eigenvalue weighted by atomic mass is 10.3. The number of ether oxygens (including phenoxy) is 1. The van der Waals surface area contributed by atoms with E-state index in [0.717, 1.165) is 27.5 Å². The highest BCUT2D eigenvalue weighted by Gasteiger charge is 2.08. The molecule has 1 aromatic carbocycles. The number of aromatic nitrogens is 1. The van der Waals surface area contributed by atoms with Crippen LogP contribution in [-0.2, 0) is 0 Å². The molecule has 5 heteroatoms. The van der Waals surface area contributed by atoms with Crippen LogP contribution in [0.4, 0.5) is 0 Å². The number of benzene rings is 1. The van der Waals surface area contributed by atoms with Gasteiger partial charge in [0.05, 0.1) is 6.04 Å². The van der Waals surface area contributed by atoms with Crippen LogP contribution in [0.3, 0.4) is 0 Å². The lowest BCUT2D eigenvalue weighted by Gasteiger charge is -2.12. The molecule has 0 aliphatic heterocycles. The van der Waals surface area contributed by atoms with Crippen LogP contribution in [0.15, 0.2) is 34.1 Å². The van der Waals surface area contributed by atoms with Crippen LogP contribution in [0.25, 0.3) is 0 Å². The standard InChI is InChI=1S/C14H17BrN2OS/c1-10-9-19-14(17-10)11(2)16-6-7-18-13-5-3-4-12(15)8-13/h3-5,8-9,11,16H,6-7H2,1-2H3. The number of thiazole rings is 1. The second-order valence-corrected chi connectivity index (χ2v) is 6.11. The van der Waals surface area contributed by atoms with Gasteiger partial charge in [-0.15, -0.1) is 11.3 Å². The van der Waals surface area contributed by atoms with Crippen LogP contribution in [-0.4, -0.2) is 18.1 Å². The predicted molar refractivity (Wildman–Crippen MR) is 82.9 cm³/mol. The highest BCUT2D eigenvalue weighted by Crippen LogP contribution is 2.18. The maximum Gasteiger partial charge on any atom is 0.120 e. The van der Waals surface area contributed by atoms with E-state index in [1.165, 1.54) is 0 Å². The number of hydrogen-bond acceptors (Lipinski definition) is 4. The molecule has 3 nitrogen and oxygen atoms in total. The minimum absolute atomic E-state index is 0.268. The maximum atomic E-state index is 5.67. The first-order chi connectivity index (χ1) is 9.15. The monoisotopic (exact) mass is 340 g/mol. The van der Waals surface area contributed by atoms with Gasteiger partial charge in [-0.05, 0) is 32.0 Å². The van der Waals surface area contributed by atoms with E-state index in [2.05, 4.69) is 38.5 Å². The summed E-state index contributed by atoms with van der Waals surface area (Å²) in [6.07, 6.45) is 0. The molecule has 0 radical (unpaired) electrons. The number of aryl methyl sites for hydroxylation is 1. The van der Waals surface area contributed by atoms with Gasteiger partial charge in [-0.1, -0.05) is 22.0 Å². The van der Waals surface area contributed by atoms with Crippen molar-refractivity contribution in [2.45, 2.75) is 19.9 Å². The van der Waals surface area contributed by atoms with E-state index >= 15 is 0 Å². The lowest BCUT2D eigenvalue weighted by Crippen LogP contribution is -2.24. The molecule has 1 atom stereocenters. The largest absolute Gasteiger partial charge is 0.492 e. The van der Waals surface area contributed by atoms with Crippen molar-refractivity contribution in [2.75, 3.05) is 13.2 Å². The number of hydrogen-bond donors (Lipinski definition) is 1. The quantitative estimate of drug-likeness (QED) is 0.808. The highest BCUT2D eigenvalue weighted by atomic mass is 79.9. The van der Waals surface area contributed by atoms with Crippen LogP contribution < -0.4 is 10.1 Å². The van der Waals surface area contributed by atoms with E-state index in [4.69, 9.17) is 4.74 Å². The number of halogens is 1. The van der Waals surface area contributed by atoms with Crippen molar-refractivity contribution in [3.05, 3.63) is 44.8 Å². The Bertz CT molecular complexity index is 530. The molecule has 2 rings (SSSR count). The molecule has 0 bridgehead atoms. The first kappa shape index (κ1) is 14.5. The van der Waals surface area contributed by atoms with E-state index in [1.54, 1.807) is 11.3 Å². The van der Waals surface area contributed by atoms with Crippen molar-refractivity contribution >= 4 is 27.3 Å². The average Bonchev–Trinajstić information content (AvgIpc) is 2.81. The molecule has 2 aromatic rings. The summed E-state index contributed by atoms with van der Waals surface area (Å²) in [6, 6.07) is 8.14. The molecule has 0 spiro atoms. The van der Waals surface area contributed by atoms with Gasteiger partial charge in [-0.3, -0.25) is 0 Å². The van der Waals surface area contributed by atoms with Gasteiger partial charge in [0, 0.05) is 22.1 Å². The summed E-state index contributed by atoms with van der Waals surface area (Å²) >= 11 is 5.12. The van der Waals surface area contributed by atoms with Crippen molar-refractivity contribution < 1.29 is 4.74 Å². The minimum Gasteiger partial charge on any atom is -0.492 e. The van der Waals surface area contributed by atoms with Crippen molar-refractivity contribution in [3.8, 4) is 5.75 Å². The van der Waals surface area contributed by atoms with Crippen molar-refractivity contribution in [1.82, 2.24) is 10.3 Å². The normalized spacial score (nSPS) is 12.4. The number of rotatable bonds is 6. The molecule has 0 fully saturated rings. The van der Waals surface area contributed by atoms with Gasteiger partial charge < -0.3 is 10.1 Å². The van der Waals surface area contributed by atoms with Crippen LogP contribution in [0, 0.1) is 6.92 Å². The first-order valence-electron chi connectivity index (χ1n) is 6.19. The summed E-state index contributed by atoms with van der Waals surface area (Å²) < 4.78 is 6.70. The van der Waals surface area contributed by atoms with Gasteiger partial charge in [0.2, 0.25) is 0 Å². The Balaban J connectivity index is 1.72. The molecular formula is C14H17BrN2OS. The molecular weight excluding hydrogens is 324 g/mol. The van der Waals surface area contributed by atoms with Gasteiger partial charge in [-0.2, -0.15) is 0 Å². The Hall–Kier alpha value is -0.910. The van der Waals surface area contributed by atoms with Crippen LogP contribution in [0.1, 0.15) is 23.7 Å². The molecule has 102 valence electrons. The molecule has 0 saturated heterocycles. The summed E-state index contributed by atoms with van der Waals surface area (Å²) in [6.45, 7) is 5.58. The predicted octanol–water partition coefficient (Wildman–Crippen LogP) is 3.94. The van der Waals surface area contributed by atoms with Crippen LogP contribution in [0.5, 0.6) is 5.75 Å². The third-order valence-electron chi connectivity index (χ3n) is 2.62. The van der Waals surface area contributed by atoms with E-state index < -0.39 is 0 Å². The minimum atomic E-state index is 0.268. The first-order valence-corrected chi connectivity index (χ1v) is 7.86. The molecule has 1 N–H and O–H groups in total. The van der Waals surface area contributed by atoms with Crippen LogP contribution >= 0.6 is 27.3 Å². The SMILES string of the molecule is Cc1csc(C(C)NCCOc2cccc(Br)c2)n1. The zero-order valence-electron chi connectivity index (χ0n) is 11.0. The third kappa shape index (κ3) is 4.60. The Morgan fingerprint density at radius 3 is 3.00 bits per heavy atom. The van der Waals surface area contributed by atoms with Gasteiger partial charge in [0.25, 0.3) is 0 Å². The molecule has 1 heterocycles. The molecule has 1 unspecified atom stereocenters. The van der Waals surface area contributed by atoms with Gasteiger partial charge in [0.15, 0.2) is 0 Å². The van der Waals surface area contributed by atoms with Crippen molar-refractivity contribution in [1.29, 1.82) is 0 Å². The van der Waals surface area contributed by atoms with Gasteiger partial charge in [-0.25, -0.2) is 4.98 Å². The Labute approximate surface area is 126 Å². The van der Waals surface area contributed by atoms with Gasteiger partial charge in [0.1, 0.15) is 17.4 Å². The smallest absolute Gasteiger partial charge is 0.120 e. The van der Waals surface area contributed by atoms with E-state index in [0.29, 0.717) is 6.61 Å². The molecule has 1 aromatic heterocycles. The number of nitrogens with zero attached hydrogens (tertiary/aromatic N) is 1. The lowest BCUT2D eigenvalue weighted by molar-refractivity contribution is 0.307. The Morgan fingerprint density at radius 2 is 2.32 bits per heavy atom. The molecule has 19 heavy (non-hydrogen) atoms. The fraction of sp³-hybridized carbons (Fsp3) is 0.357. The summed E-state index contributed by atoms with van der Waals surface area (Å²) in [5, 5.41) is 6.61. The fourth-order valence-corrected chi connectivity index (χ4v) is 2.87. The summed E-state index contributed by atoms with van der Waals surface area (Å²) in [7, 11) is 0. The summed E-state index contributed by atoms with van der Waals surface area (Å²) in [4.78, 5) is 4.47. The maximum absolute atomic E-state index is 5.67. The topological polar surface area (TPSA) is 34.1 Å². The number of nitrogens with one attached hydrogen (secondary N) is 1. The van der Waals surface area contributed by atoms with Crippen molar-refractivity contribution in [3.63, 3.8) is 0 Å². The molecule has 0 amide bonds. The van der Waals surface area contributed by atoms with E-state index in [-0.39, 0.29) is 6.04 Å². The third-order valence-corrected chi connectivity index (χ3v) is 4.26. The highest BCUT2D eigenvalue weighted by molar-refractivity contribution is 9.10. The second kappa shape index (κ2) is 7.03. The van der Waals surface area contributed by atoms with E-state index in [9.17, 15) is 0 Å². The Morgan fingerprint density at radius 1 is 1.47 bits per heavy atom. The Kier molecular flexibility index (Phi) is 5.36. The average molecular weight is 341 g/mol.